The molecule has 3 amide bonds. The number of hydrogen-bond acceptors (Lipinski definition) is 7. The number of nitrogens with zero attached hydrogens (tertiary/aromatic N) is 1. The van der Waals surface area contributed by atoms with Crippen molar-refractivity contribution in [3.8, 4) is 0 Å². The summed E-state index contributed by atoms with van der Waals surface area (Å²) in [5, 5.41) is 5.67. The van der Waals surface area contributed by atoms with Gasteiger partial charge in [0.25, 0.3) is 5.78 Å². The maximum atomic E-state index is 14.1. The predicted octanol–water partition coefficient (Wildman–Crippen LogP) is 2.97. The zero-order valence-electron chi connectivity index (χ0n) is 24.2. The minimum Gasteiger partial charge on any atom is -0.463 e. The number of piperidine rings is 1. The molecule has 10 heteroatoms. The smallest absolute Gasteiger partial charge is 0.408 e. The van der Waals surface area contributed by atoms with Gasteiger partial charge in [0.2, 0.25) is 11.8 Å². The molecule has 4 fully saturated rings. The number of ether oxygens (including phenoxy) is 2. The first-order valence-corrected chi connectivity index (χ1v) is 14.5. The second-order valence-electron chi connectivity index (χ2n) is 13.5. The average molecular weight is 548 g/mol. The first kappa shape index (κ1) is 29.3. The molecular formula is C29H45N3O7. The van der Waals surface area contributed by atoms with Crippen molar-refractivity contribution in [2.24, 2.45) is 29.1 Å². The third kappa shape index (κ3) is 6.57. The van der Waals surface area contributed by atoms with Crippen LogP contribution in [0.2, 0.25) is 0 Å². The fourth-order valence-electron chi connectivity index (χ4n) is 6.69. The lowest BCUT2D eigenvalue weighted by Gasteiger charge is -2.37. The number of Topliss-reactive ketones (excluding diaryl/α,β-unsaturated/α-hetero) is 1. The SMILES string of the molecule is COC(=O)C(=O)C(CC1CC1)NC(=O)C1C2C(CN1C(=O)C(NC(=O)OC(C)(C)C)C1CCCCC1)C2(C)C. The molecule has 4 rings (SSSR count). The summed E-state index contributed by atoms with van der Waals surface area (Å²) in [6.45, 7) is 9.90. The fraction of sp³-hybridized carbons (Fsp3) is 0.828. The third-order valence-corrected chi connectivity index (χ3v) is 9.11. The van der Waals surface area contributed by atoms with E-state index in [1.54, 1.807) is 25.7 Å². The standard InChI is InChI=1S/C29H45N3O7/c1-28(2,3)39-27(37)31-21(17-10-8-7-9-11-17)25(35)32-15-18-20(29(18,4)5)22(32)24(34)30-19(14-16-12-13-16)23(33)26(36)38-6/h16-22H,7-15H2,1-6H3,(H,30,34)(H,31,37). The molecule has 4 aliphatic rings. The molecule has 0 spiro atoms. The lowest BCUT2D eigenvalue weighted by molar-refractivity contribution is -0.153. The Morgan fingerprint density at radius 2 is 1.62 bits per heavy atom. The molecule has 218 valence electrons. The van der Waals surface area contributed by atoms with Crippen molar-refractivity contribution in [2.75, 3.05) is 13.7 Å². The number of rotatable bonds is 9. The van der Waals surface area contributed by atoms with Crippen molar-refractivity contribution < 1.29 is 33.4 Å². The van der Waals surface area contributed by atoms with Crippen LogP contribution in [0, 0.1) is 29.1 Å². The van der Waals surface area contributed by atoms with Crippen LogP contribution in [0.5, 0.6) is 0 Å². The zero-order chi connectivity index (χ0) is 28.7. The Labute approximate surface area is 231 Å². The number of hydrogen-bond donors (Lipinski definition) is 2. The van der Waals surface area contributed by atoms with Gasteiger partial charge in [0.15, 0.2) is 0 Å². The van der Waals surface area contributed by atoms with Gasteiger partial charge in [-0.05, 0) is 69.1 Å². The Hall–Kier alpha value is -2.65. The van der Waals surface area contributed by atoms with Gasteiger partial charge < -0.3 is 25.0 Å². The number of likely N-dealkylation sites (tertiary alicyclic amines) is 1. The number of carbonyl (C=O) groups excluding carboxylic acids is 5. The van der Waals surface area contributed by atoms with Crippen molar-refractivity contribution in [3.05, 3.63) is 0 Å². The van der Waals surface area contributed by atoms with Gasteiger partial charge in [-0.15, -0.1) is 0 Å². The van der Waals surface area contributed by atoms with Gasteiger partial charge in [0.05, 0.1) is 13.2 Å². The molecule has 0 bridgehead atoms. The Morgan fingerprint density at radius 3 is 2.18 bits per heavy atom. The van der Waals surface area contributed by atoms with Crippen LogP contribution >= 0.6 is 0 Å². The molecule has 3 saturated carbocycles. The number of methoxy groups -OCH3 is 1. The number of amides is 3. The van der Waals surface area contributed by atoms with Gasteiger partial charge in [-0.25, -0.2) is 9.59 Å². The zero-order valence-corrected chi connectivity index (χ0v) is 24.2. The minimum absolute atomic E-state index is 0.0454. The van der Waals surface area contributed by atoms with Crippen LogP contribution in [0.15, 0.2) is 0 Å². The van der Waals surface area contributed by atoms with Crippen LogP contribution in [0.25, 0.3) is 0 Å². The van der Waals surface area contributed by atoms with E-state index in [1.165, 1.54) is 0 Å². The van der Waals surface area contributed by atoms with Gasteiger partial charge in [0.1, 0.15) is 17.7 Å². The van der Waals surface area contributed by atoms with Gasteiger partial charge in [-0.2, -0.15) is 0 Å². The summed E-state index contributed by atoms with van der Waals surface area (Å²) in [5.41, 5.74) is -0.842. The van der Waals surface area contributed by atoms with Crippen LogP contribution in [-0.2, 0) is 28.7 Å². The highest BCUT2D eigenvalue weighted by Gasteiger charge is 2.69. The van der Waals surface area contributed by atoms with Crippen molar-refractivity contribution in [1.29, 1.82) is 0 Å². The lowest BCUT2D eigenvalue weighted by Crippen LogP contribution is -2.59. The van der Waals surface area contributed by atoms with Crippen molar-refractivity contribution in [2.45, 2.75) is 110 Å². The summed E-state index contributed by atoms with van der Waals surface area (Å²) >= 11 is 0. The highest BCUT2D eigenvalue weighted by molar-refractivity contribution is 6.36. The quantitative estimate of drug-likeness (QED) is 0.335. The van der Waals surface area contributed by atoms with Crippen molar-refractivity contribution in [1.82, 2.24) is 15.5 Å². The van der Waals surface area contributed by atoms with Crippen molar-refractivity contribution in [3.63, 3.8) is 0 Å². The van der Waals surface area contributed by atoms with E-state index in [9.17, 15) is 24.0 Å². The van der Waals surface area contributed by atoms with Crippen LogP contribution in [0.3, 0.4) is 0 Å². The van der Waals surface area contributed by atoms with Crippen LogP contribution in [-0.4, -0.2) is 71.9 Å². The molecule has 1 saturated heterocycles. The Morgan fingerprint density at radius 1 is 0.974 bits per heavy atom. The van der Waals surface area contributed by atoms with Crippen LogP contribution in [0.1, 0.15) is 86.0 Å². The van der Waals surface area contributed by atoms with Crippen LogP contribution < -0.4 is 10.6 Å². The molecule has 1 aliphatic heterocycles. The molecule has 10 nitrogen and oxygen atoms in total. The Bertz CT molecular complexity index is 993. The summed E-state index contributed by atoms with van der Waals surface area (Å²) in [6.07, 6.45) is 6.30. The Balaban J connectivity index is 1.55. The number of carbonyl (C=O) groups is 5. The molecule has 0 aromatic heterocycles. The summed E-state index contributed by atoms with van der Waals surface area (Å²) in [7, 11) is 1.15. The van der Waals surface area contributed by atoms with E-state index in [2.05, 4.69) is 29.2 Å². The molecule has 2 N–H and O–H groups in total. The molecular weight excluding hydrogens is 502 g/mol. The molecule has 0 radical (unpaired) electrons. The van der Waals surface area contributed by atoms with E-state index in [1.807, 2.05) is 0 Å². The molecule has 0 aromatic carbocycles. The molecule has 5 atom stereocenters. The molecule has 0 aromatic rings. The lowest BCUT2D eigenvalue weighted by atomic mass is 9.83. The monoisotopic (exact) mass is 547 g/mol. The van der Waals surface area contributed by atoms with Crippen molar-refractivity contribution >= 4 is 29.7 Å². The summed E-state index contributed by atoms with van der Waals surface area (Å²) in [5.74, 6) is -2.15. The number of fused-ring (bicyclic) bond motifs is 1. The van der Waals surface area contributed by atoms with E-state index < -0.39 is 47.5 Å². The molecule has 5 unspecified atom stereocenters. The van der Waals surface area contributed by atoms with Gasteiger partial charge in [-0.1, -0.05) is 46.0 Å². The first-order chi connectivity index (χ1) is 18.2. The Kier molecular flexibility index (Phi) is 8.34. The first-order valence-electron chi connectivity index (χ1n) is 14.5. The predicted molar refractivity (Wildman–Crippen MR) is 142 cm³/mol. The normalized spacial score (nSPS) is 27.5. The van der Waals surface area contributed by atoms with Gasteiger partial charge in [0, 0.05) is 6.54 Å². The maximum Gasteiger partial charge on any atom is 0.408 e. The second kappa shape index (κ2) is 11.1. The topological polar surface area (TPSA) is 131 Å². The highest BCUT2D eigenvalue weighted by Crippen LogP contribution is 2.65. The fourth-order valence-corrected chi connectivity index (χ4v) is 6.69. The van der Waals surface area contributed by atoms with Gasteiger partial charge in [-0.3, -0.25) is 14.4 Å². The van der Waals surface area contributed by atoms with Crippen LogP contribution in [0.4, 0.5) is 4.79 Å². The van der Waals surface area contributed by atoms with E-state index in [0.717, 1.165) is 52.1 Å². The molecule has 39 heavy (non-hydrogen) atoms. The maximum absolute atomic E-state index is 14.1. The summed E-state index contributed by atoms with van der Waals surface area (Å²) in [6, 6.07) is -2.56. The molecule has 3 aliphatic carbocycles. The summed E-state index contributed by atoms with van der Waals surface area (Å²) < 4.78 is 10.1. The third-order valence-electron chi connectivity index (χ3n) is 9.11. The highest BCUT2D eigenvalue weighted by atomic mass is 16.6. The van der Waals surface area contributed by atoms with E-state index in [4.69, 9.17) is 4.74 Å². The van der Waals surface area contributed by atoms with Gasteiger partial charge >= 0.3 is 12.1 Å². The number of ketones is 1. The number of nitrogens with one attached hydrogen (secondary N) is 2. The number of alkyl carbamates (subject to hydrolysis) is 1. The van der Waals surface area contributed by atoms with E-state index in [-0.39, 0.29) is 35.0 Å². The van der Waals surface area contributed by atoms with E-state index in [0.29, 0.717) is 13.0 Å². The molecule has 1 heterocycles. The second-order valence-corrected chi connectivity index (χ2v) is 13.5. The largest absolute Gasteiger partial charge is 0.463 e. The number of esters is 1. The average Bonchev–Trinajstić information content (AvgIpc) is 3.72. The summed E-state index contributed by atoms with van der Waals surface area (Å²) in [4.78, 5) is 67.1. The van der Waals surface area contributed by atoms with E-state index >= 15 is 0 Å². The minimum atomic E-state index is -0.983.